The maximum absolute atomic E-state index is 14.3. The second-order valence-corrected chi connectivity index (χ2v) is 6.69. The normalized spacial score (nSPS) is 9.81. The molecule has 5 heteroatoms. The fraction of sp³-hybridized carbons (Fsp3) is 0.115. The summed E-state index contributed by atoms with van der Waals surface area (Å²) in [5.41, 5.74) is 0.649. The summed E-state index contributed by atoms with van der Waals surface area (Å²) < 4.78 is 56.2. The lowest BCUT2D eigenvalue weighted by atomic mass is 10.1. The van der Waals surface area contributed by atoms with E-state index in [1.165, 1.54) is 36.4 Å². The van der Waals surface area contributed by atoms with Gasteiger partial charge in [-0.2, -0.15) is 5.26 Å². The van der Waals surface area contributed by atoms with Gasteiger partial charge in [0.15, 0.2) is 0 Å². The fourth-order valence-electron chi connectivity index (χ4n) is 2.83. The fourth-order valence-corrected chi connectivity index (χ4v) is 2.83. The molecular weight excluding hydrogens is 402 g/mol. The molecule has 3 aromatic rings. The van der Waals surface area contributed by atoms with Crippen LogP contribution in [0.25, 0.3) is 0 Å². The Morgan fingerprint density at radius 3 is 1.74 bits per heavy atom. The van der Waals surface area contributed by atoms with Crippen molar-refractivity contribution in [3.8, 4) is 29.8 Å². The molecule has 0 aliphatic rings. The van der Waals surface area contributed by atoms with Crippen LogP contribution in [0.5, 0.6) is 0 Å². The van der Waals surface area contributed by atoms with Gasteiger partial charge in [0, 0.05) is 11.1 Å². The summed E-state index contributed by atoms with van der Waals surface area (Å²) in [4.78, 5) is 0. The van der Waals surface area contributed by atoms with Crippen molar-refractivity contribution in [2.75, 3.05) is 0 Å². The number of nitrogens with zero attached hydrogens (tertiary/aromatic N) is 1. The van der Waals surface area contributed by atoms with Crippen molar-refractivity contribution < 1.29 is 17.6 Å². The number of nitriles is 1. The van der Waals surface area contributed by atoms with Crippen molar-refractivity contribution in [2.45, 2.75) is 19.8 Å². The number of hydrogen-bond acceptors (Lipinski definition) is 1. The summed E-state index contributed by atoms with van der Waals surface area (Å²) in [5.74, 6) is 7.30. The molecule has 0 saturated heterocycles. The standard InChI is InChI=1S/C26H15F4N/c1-2-3-19-14-25(29)22(26(30)15-19)11-7-18-5-9-20(23(27)12-18)8-4-17-6-10-21(16-31)24(28)13-17/h5-6,9-10,12-15H,2-3H2,1H3. The van der Waals surface area contributed by atoms with Crippen LogP contribution in [0, 0.1) is 58.3 Å². The molecule has 31 heavy (non-hydrogen) atoms. The van der Waals surface area contributed by atoms with E-state index in [4.69, 9.17) is 5.26 Å². The Hall–Kier alpha value is -4.01. The van der Waals surface area contributed by atoms with Gasteiger partial charge in [-0.3, -0.25) is 0 Å². The molecular formula is C26H15F4N. The van der Waals surface area contributed by atoms with Crippen molar-refractivity contribution >= 4 is 0 Å². The van der Waals surface area contributed by atoms with Gasteiger partial charge >= 0.3 is 0 Å². The highest BCUT2D eigenvalue weighted by Gasteiger charge is 2.09. The Balaban J connectivity index is 1.84. The van der Waals surface area contributed by atoms with Gasteiger partial charge in [-0.25, -0.2) is 17.6 Å². The average Bonchev–Trinajstić information content (AvgIpc) is 2.73. The quantitative estimate of drug-likeness (QED) is 0.378. The molecule has 0 amide bonds. The van der Waals surface area contributed by atoms with E-state index in [0.717, 1.165) is 18.6 Å². The SMILES string of the molecule is CCCc1cc(F)c(C#Cc2ccc(C#Cc3ccc(C#N)c(F)c3)c(F)c2)c(F)c1. The van der Waals surface area contributed by atoms with Gasteiger partial charge in [-0.05, 0) is 60.5 Å². The number of halogens is 4. The first-order valence-electron chi connectivity index (χ1n) is 9.42. The summed E-state index contributed by atoms with van der Waals surface area (Å²) >= 11 is 0. The maximum atomic E-state index is 14.3. The molecule has 0 aromatic heterocycles. The Morgan fingerprint density at radius 1 is 0.677 bits per heavy atom. The Bertz CT molecular complexity index is 1290. The zero-order valence-electron chi connectivity index (χ0n) is 16.5. The first-order valence-corrected chi connectivity index (χ1v) is 9.42. The van der Waals surface area contributed by atoms with E-state index >= 15 is 0 Å². The van der Waals surface area contributed by atoms with Gasteiger partial charge in [-0.15, -0.1) is 0 Å². The minimum absolute atomic E-state index is 0.0524. The van der Waals surface area contributed by atoms with Gasteiger partial charge in [-0.1, -0.05) is 37.0 Å². The molecule has 0 aliphatic heterocycles. The molecule has 0 unspecified atom stereocenters. The Labute approximate surface area is 178 Å². The highest BCUT2D eigenvalue weighted by molar-refractivity contribution is 5.50. The highest BCUT2D eigenvalue weighted by atomic mass is 19.1. The summed E-state index contributed by atoms with van der Waals surface area (Å²) in [5, 5.41) is 8.73. The van der Waals surface area contributed by atoms with Crippen molar-refractivity contribution in [1.29, 1.82) is 5.26 Å². The summed E-state index contributed by atoms with van der Waals surface area (Å²) in [7, 11) is 0. The molecule has 0 heterocycles. The molecule has 0 spiro atoms. The van der Waals surface area contributed by atoms with E-state index in [0.29, 0.717) is 12.0 Å². The molecule has 3 aromatic carbocycles. The maximum Gasteiger partial charge on any atom is 0.142 e. The highest BCUT2D eigenvalue weighted by Crippen LogP contribution is 2.17. The summed E-state index contributed by atoms with van der Waals surface area (Å²) in [6, 6.07) is 12.0. The smallest absolute Gasteiger partial charge is 0.142 e. The minimum Gasteiger partial charge on any atom is -0.206 e. The first kappa shape index (κ1) is 21.7. The number of rotatable bonds is 2. The van der Waals surface area contributed by atoms with Crippen LogP contribution in [0.15, 0.2) is 48.5 Å². The van der Waals surface area contributed by atoms with Crippen molar-refractivity contribution in [1.82, 2.24) is 0 Å². The second-order valence-electron chi connectivity index (χ2n) is 6.69. The van der Waals surface area contributed by atoms with Crippen molar-refractivity contribution in [2.24, 2.45) is 0 Å². The van der Waals surface area contributed by atoms with E-state index in [2.05, 4.69) is 23.7 Å². The van der Waals surface area contributed by atoms with Gasteiger partial charge in [0.1, 0.15) is 29.3 Å². The van der Waals surface area contributed by atoms with Crippen molar-refractivity contribution in [3.05, 3.63) is 105 Å². The molecule has 0 bridgehead atoms. The lowest BCUT2D eigenvalue weighted by Gasteiger charge is -2.02. The van der Waals surface area contributed by atoms with Gasteiger partial charge in [0.2, 0.25) is 0 Å². The molecule has 0 saturated carbocycles. The van der Waals surface area contributed by atoms with Crippen LogP contribution >= 0.6 is 0 Å². The zero-order valence-corrected chi connectivity index (χ0v) is 16.5. The number of benzene rings is 3. The summed E-state index contributed by atoms with van der Waals surface area (Å²) in [6.45, 7) is 1.91. The monoisotopic (exact) mass is 417 g/mol. The predicted octanol–water partition coefficient (Wildman–Crippen LogP) is 5.87. The first-order chi connectivity index (χ1) is 14.9. The van der Waals surface area contributed by atoms with E-state index in [9.17, 15) is 17.6 Å². The summed E-state index contributed by atoms with van der Waals surface area (Å²) in [6.07, 6.45) is 1.32. The molecule has 0 radical (unpaired) electrons. The minimum atomic E-state index is -0.756. The third-order valence-electron chi connectivity index (χ3n) is 4.37. The molecule has 1 nitrogen and oxygen atoms in total. The lowest BCUT2D eigenvalue weighted by Crippen LogP contribution is -1.95. The molecule has 0 atom stereocenters. The van der Waals surface area contributed by atoms with E-state index < -0.39 is 23.3 Å². The van der Waals surface area contributed by atoms with Crippen LogP contribution in [-0.4, -0.2) is 0 Å². The number of hydrogen-bond donors (Lipinski definition) is 0. The molecule has 0 N–H and O–H groups in total. The Kier molecular flexibility index (Phi) is 6.76. The third kappa shape index (κ3) is 5.33. The van der Waals surface area contributed by atoms with E-state index in [1.807, 2.05) is 6.92 Å². The molecule has 3 rings (SSSR count). The van der Waals surface area contributed by atoms with Crippen molar-refractivity contribution in [3.63, 3.8) is 0 Å². The van der Waals surface area contributed by atoms with E-state index in [1.54, 1.807) is 6.07 Å². The number of aryl methyl sites for hydroxylation is 1. The lowest BCUT2D eigenvalue weighted by molar-refractivity contribution is 0.573. The largest absolute Gasteiger partial charge is 0.206 e. The predicted molar refractivity (Wildman–Crippen MR) is 110 cm³/mol. The van der Waals surface area contributed by atoms with Crippen LogP contribution in [0.2, 0.25) is 0 Å². The zero-order chi connectivity index (χ0) is 22.4. The molecule has 152 valence electrons. The molecule has 0 aliphatic carbocycles. The topological polar surface area (TPSA) is 23.8 Å². The molecule has 0 fully saturated rings. The van der Waals surface area contributed by atoms with E-state index in [-0.39, 0.29) is 27.8 Å². The van der Waals surface area contributed by atoms with Crippen LogP contribution < -0.4 is 0 Å². The second kappa shape index (κ2) is 9.66. The van der Waals surface area contributed by atoms with Crippen LogP contribution in [0.4, 0.5) is 17.6 Å². The Morgan fingerprint density at radius 2 is 1.23 bits per heavy atom. The third-order valence-corrected chi connectivity index (χ3v) is 4.37. The average molecular weight is 417 g/mol. The van der Waals surface area contributed by atoms with Gasteiger partial charge in [0.05, 0.1) is 16.7 Å². The van der Waals surface area contributed by atoms with Gasteiger partial charge < -0.3 is 0 Å². The van der Waals surface area contributed by atoms with Crippen LogP contribution in [0.3, 0.4) is 0 Å². The van der Waals surface area contributed by atoms with Crippen LogP contribution in [-0.2, 0) is 6.42 Å². The van der Waals surface area contributed by atoms with Gasteiger partial charge in [0.25, 0.3) is 0 Å². The van der Waals surface area contributed by atoms with Crippen LogP contribution in [0.1, 0.15) is 46.7 Å².